The quantitative estimate of drug-likeness (QED) is 0.159. The minimum atomic E-state index is 0.482. The highest BCUT2D eigenvalue weighted by Crippen LogP contribution is 2.20. The Morgan fingerprint density at radius 2 is 1.44 bits per heavy atom. The Bertz CT molecular complexity index is 883. The first-order valence-electron chi connectivity index (χ1n) is 16.7. The van der Waals surface area contributed by atoms with Gasteiger partial charge < -0.3 is 5.73 Å². The molecule has 0 heterocycles. The highest BCUT2D eigenvalue weighted by Gasteiger charge is 2.21. The Kier molecular flexibility index (Phi) is 25.8. The minimum absolute atomic E-state index is 0.482. The van der Waals surface area contributed by atoms with Gasteiger partial charge in [0.05, 0.1) is 5.70 Å². The van der Waals surface area contributed by atoms with Crippen LogP contribution in [0.4, 0.5) is 0 Å². The van der Waals surface area contributed by atoms with Crippen LogP contribution in [0.25, 0.3) is 0 Å². The van der Waals surface area contributed by atoms with Gasteiger partial charge in [-0.05, 0) is 109 Å². The molecule has 0 aliphatic heterocycles. The largest absolute Gasteiger partial charge is 0.330 e. The van der Waals surface area contributed by atoms with Gasteiger partial charge in [0.15, 0.2) is 0 Å². The van der Waals surface area contributed by atoms with E-state index in [0.717, 1.165) is 36.8 Å². The zero-order valence-electron chi connectivity index (χ0n) is 29.6. The van der Waals surface area contributed by atoms with E-state index in [1.807, 2.05) is 13.8 Å². The molecule has 41 heavy (non-hydrogen) atoms. The second-order valence-electron chi connectivity index (χ2n) is 11.2. The van der Waals surface area contributed by atoms with Crippen LogP contribution >= 0.6 is 0 Å². The molecular weight excluding hydrogens is 498 g/mol. The highest BCUT2D eigenvalue weighted by atomic mass is 15.2. The van der Waals surface area contributed by atoms with Gasteiger partial charge in [0.25, 0.3) is 0 Å². The fraction of sp³-hybridized carbons (Fsp3) is 0.658. The van der Waals surface area contributed by atoms with Crippen LogP contribution in [-0.4, -0.2) is 35.8 Å². The molecule has 0 spiro atoms. The first-order chi connectivity index (χ1) is 19.6. The van der Waals surface area contributed by atoms with Crippen molar-refractivity contribution in [3.63, 3.8) is 0 Å². The number of aliphatic imine (C=N–C) groups is 1. The van der Waals surface area contributed by atoms with Gasteiger partial charge in [-0.3, -0.25) is 9.89 Å². The normalized spacial score (nSPS) is 14.3. The molecular formula is C38H69N3. The topological polar surface area (TPSA) is 41.6 Å². The Morgan fingerprint density at radius 1 is 0.878 bits per heavy atom. The van der Waals surface area contributed by atoms with Gasteiger partial charge in [-0.1, -0.05) is 109 Å². The molecule has 2 N–H and O–H groups in total. The number of hydrogen-bond acceptors (Lipinski definition) is 3. The molecule has 0 aromatic heterocycles. The van der Waals surface area contributed by atoms with Crippen molar-refractivity contribution in [2.75, 3.05) is 13.1 Å². The van der Waals surface area contributed by atoms with Crippen molar-refractivity contribution in [1.82, 2.24) is 4.90 Å². The van der Waals surface area contributed by atoms with Crippen LogP contribution in [0, 0.1) is 6.92 Å². The molecule has 1 aromatic carbocycles. The van der Waals surface area contributed by atoms with Crippen LogP contribution in [0.2, 0.25) is 0 Å². The number of nitrogens with two attached hydrogens (primary N) is 1. The van der Waals surface area contributed by atoms with Crippen LogP contribution < -0.4 is 5.73 Å². The Morgan fingerprint density at radius 3 is 1.88 bits per heavy atom. The third-order valence-electron chi connectivity index (χ3n) is 7.57. The van der Waals surface area contributed by atoms with E-state index in [0.29, 0.717) is 12.0 Å². The summed E-state index contributed by atoms with van der Waals surface area (Å²) >= 11 is 0. The number of hydrogen-bond donors (Lipinski definition) is 1. The van der Waals surface area contributed by atoms with E-state index in [-0.39, 0.29) is 0 Å². The van der Waals surface area contributed by atoms with E-state index in [2.05, 4.69) is 124 Å². The van der Waals surface area contributed by atoms with E-state index in [1.54, 1.807) is 0 Å². The second-order valence-corrected chi connectivity index (χ2v) is 11.2. The molecule has 0 aliphatic carbocycles. The predicted molar refractivity (Wildman–Crippen MR) is 189 cm³/mol. The van der Waals surface area contributed by atoms with E-state index < -0.39 is 0 Å². The van der Waals surface area contributed by atoms with Crippen LogP contribution in [0.3, 0.4) is 0 Å². The molecule has 1 aromatic rings. The second kappa shape index (κ2) is 25.7. The van der Waals surface area contributed by atoms with Gasteiger partial charge in [0, 0.05) is 17.8 Å². The van der Waals surface area contributed by atoms with Gasteiger partial charge in [-0.15, -0.1) is 0 Å². The molecule has 0 saturated heterocycles. The third kappa shape index (κ3) is 17.6. The zero-order chi connectivity index (χ0) is 31.8. The van der Waals surface area contributed by atoms with Crippen LogP contribution in [-0.2, 0) is 0 Å². The summed E-state index contributed by atoms with van der Waals surface area (Å²) in [6.45, 7) is 30.2. The smallest absolute Gasteiger partial charge is 0.0616 e. The summed E-state index contributed by atoms with van der Waals surface area (Å²) in [6, 6.07) is 9.85. The van der Waals surface area contributed by atoms with Crippen molar-refractivity contribution in [2.24, 2.45) is 10.7 Å². The molecule has 0 amide bonds. The van der Waals surface area contributed by atoms with Gasteiger partial charge >= 0.3 is 0 Å². The monoisotopic (exact) mass is 568 g/mol. The maximum Gasteiger partial charge on any atom is 0.0616 e. The van der Waals surface area contributed by atoms with Gasteiger partial charge in [-0.2, -0.15) is 0 Å². The van der Waals surface area contributed by atoms with E-state index in [4.69, 9.17) is 10.7 Å². The molecule has 3 nitrogen and oxygen atoms in total. The lowest BCUT2D eigenvalue weighted by molar-refractivity contribution is 0.127. The van der Waals surface area contributed by atoms with Gasteiger partial charge in [0.2, 0.25) is 0 Å². The first kappa shape index (κ1) is 41.2. The average Bonchev–Trinajstić information content (AvgIpc) is 2.98. The van der Waals surface area contributed by atoms with Crippen LogP contribution in [0.5, 0.6) is 0 Å². The Balaban J connectivity index is 0. The molecule has 1 rings (SSSR count). The van der Waals surface area contributed by atoms with Crippen LogP contribution in [0.15, 0.2) is 64.3 Å². The maximum atomic E-state index is 5.54. The zero-order valence-corrected chi connectivity index (χ0v) is 29.6. The van der Waals surface area contributed by atoms with Gasteiger partial charge in [0.1, 0.15) is 0 Å². The number of benzene rings is 1. The standard InChI is InChI=1S/C26H48N2.C10H15N.C2H6/c1-10-15-22(7)26(14-5)27-24(9)21(6)18-19-23(8)28(20-13-4)25(16-11-2)17-12-3;1-8-3-5-10(6-4-8)9(2)7-11;1-2/h14-15,18,23,25H,10-13,16-17,19-20H2,1-9H3;3-6,9H,7,11H2,1-2H3;1-2H3/b21-18+,22-15?,26-14-,27-24+;;. The van der Waals surface area contributed by atoms with Crippen molar-refractivity contribution in [3.05, 3.63) is 70.5 Å². The third-order valence-corrected chi connectivity index (χ3v) is 7.57. The van der Waals surface area contributed by atoms with Crippen molar-refractivity contribution < 1.29 is 0 Å². The van der Waals surface area contributed by atoms with Crippen LogP contribution in [0.1, 0.15) is 145 Å². The highest BCUT2D eigenvalue weighted by molar-refractivity contribution is 5.98. The van der Waals surface area contributed by atoms with E-state index in [9.17, 15) is 0 Å². The lowest BCUT2D eigenvalue weighted by atomic mass is 10.0. The molecule has 2 unspecified atom stereocenters. The molecule has 0 aliphatic rings. The van der Waals surface area contributed by atoms with Crippen molar-refractivity contribution >= 4 is 5.71 Å². The molecule has 0 radical (unpaired) electrons. The number of aryl methyl sites for hydroxylation is 1. The number of nitrogens with zero attached hydrogens (tertiary/aromatic N) is 2. The summed E-state index contributed by atoms with van der Waals surface area (Å²) in [6.07, 6.45) is 15.3. The summed E-state index contributed by atoms with van der Waals surface area (Å²) in [5.41, 5.74) is 13.0. The summed E-state index contributed by atoms with van der Waals surface area (Å²) in [5, 5.41) is 0. The lowest BCUT2D eigenvalue weighted by Crippen LogP contribution is -2.42. The molecule has 2 atom stereocenters. The van der Waals surface area contributed by atoms with Gasteiger partial charge in [-0.25, -0.2) is 0 Å². The molecule has 3 heteroatoms. The lowest BCUT2D eigenvalue weighted by Gasteiger charge is -2.36. The SMILES string of the molecule is CC.C\C=C(/N=C(C)/C(C)=C/CC(C)N(CCC)C(CCC)CCC)C(C)=CCC.Cc1ccc(C(C)CN)cc1. The summed E-state index contributed by atoms with van der Waals surface area (Å²) in [7, 11) is 0. The molecule has 0 bridgehead atoms. The van der Waals surface area contributed by atoms with Crippen molar-refractivity contribution in [1.29, 1.82) is 0 Å². The summed E-state index contributed by atoms with van der Waals surface area (Å²) in [4.78, 5) is 7.65. The molecule has 236 valence electrons. The number of rotatable bonds is 16. The number of allylic oxidation sites excluding steroid dienone is 4. The first-order valence-corrected chi connectivity index (χ1v) is 16.7. The fourth-order valence-electron chi connectivity index (χ4n) is 4.88. The van der Waals surface area contributed by atoms with E-state index >= 15 is 0 Å². The minimum Gasteiger partial charge on any atom is -0.330 e. The fourth-order valence-corrected chi connectivity index (χ4v) is 4.88. The van der Waals surface area contributed by atoms with E-state index in [1.165, 1.54) is 60.9 Å². The van der Waals surface area contributed by atoms with Crippen molar-refractivity contribution in [3.8, 4) is 0 Å². The molecule has 0 fully saturated rings. The molecule has 0 saturated carbocycles. The Hall–Kier alpha value is -1.97. The summed E-state index contributed by atoms with van der Waals surface area (Å²) in [5.74, 6) is 0.482. The Labute approximate surface area is 257 Å². The summed E-state index contributed by atoms with van der Waals surface area (Å²) < 4.78 is 0. The predicted octanol–water partition coefficient (Wildman–Crippen LogP) is 11.2. The average molecular weight is 568 g/mol. The maximum absolute atomic E-state index is 5.54. The van der Waals surface area contributed by atoms with Crippen molar-refractivity contribution in [2.45, 2.75) is 153 Å².